The van der Waals surface area contributed by atoms with Crippen molar-refractivity contribution in [2.75, 3.05) is 24.2 Å². The molecule has 0 amide bonds. The van der Waals surface area contributed by atoms with Crippen molar-refractivity contribution in [2.24, 2.45) is 0 Å². The van der Waals surface area contributed by atoms with Gasteiger partial charge < -0.3 is 5.32 Å². The highest BCUT2D eigenvalue weighted by Crippen LogP contribution is 2.32. The molecular weight excluding hydrogens is 422 g/mol. The van der Waals surface area contributed by atoms with Crippen LogP contribution < -0.4 is 5.32 Å². The number of nitrogens with one attached hydrogen (secondary N) is 1. The van der Waals surface area contributed by atoms with Crippen LogP contribution in [0.1, 0.15) is 32.3 Å². The quantitative estimate of drug-likeness (QED) is 0.581. The SMILES string of the molecule is CCS(=O)(=O)N1CCC(Nc2cc(-c3cccc(CC(C)=O)c3)cc3ccncc23)CC1. The van der Waals surface area contributed by atoms with Gasteiger partial charge in [0.05, 0.1) is 5.75 Å². The summed E-state index contributed by atoms with van der Waals surface area (Å²) in [4.78, 5) is 15.9. The van der Waals surface area contributed by atoms with Crippen LogP contribution in [0.25, 0.3) is 21.9 Å². The first-order chi connectivity index (χ1) is 15.4. The predicted octanol–water partition coefficient (Wildman–Crippen LogP) is 4.26. The van der Waals surface area contributed by atoms with Crippen molar-refractivity contribution in [3.63, 3.8) is 0 Å². The molecule has 1 saturated heterocycles. The fourth-order valence-electron chi connectivity index (χ4n) is 4.31. The van der Waals surface area contributed by atoms with Gasteiger partial charge in [-0.25, -0.2) is 12.7 Å². The van der Waals surface area contributed by atoms with Crippen molar-refractivity contribution in [3.05, 3.63) is 60.4 Å². The second-order valence-corrected chi connectivity index (χ2v) is 10.7. The van der Waals surface area contributed by atoms with Gasteiger partial charge in [0.15, 0.2) is 0 Å². The second kappa shape index (κ2) is 9.38. The molecule has 0 spiro atoms. The molecule has 168 valence electrons. The fraction of sp³-hybridized carbons (Fsp3) is 0.360. The molecule has 3 aromatic rings. The smallest absolute Gasteiger partial charge is 0.213 e. The average molecular weight is 452 g/mol. The van der Waals surface area contributed by atoms with Gasteiger partial charge in [0, 0.05) is 49.0 Å². The number of fused-ring (bicyclic) bond motifs is 1. The molecule has 7 heteroatoms. The Bertz CT molecular complexity index is 1230. The van der Waals surface area contributed by atoms with Crippen LogP contribution in [0.3, 0.4) is 0 Å². The maximum absolute atomic E-state index is 12.2. The normalized spacial score (nSPS) is 15.7. The molecule has 4 rings (SSSR count). The predicted molar refractivity (Wildman–Crippen MR) is 129 cm³/mol. The molecule has 1 fully saturated rings. The second-order valence-electron chi connectivity index (χ2n) is 8.42. The van der Waals surface area contributed by atoms with Crippen molar-refractivity contribution in [1.29, 1.82) is 0 Å². The lowest BCUT2D eigenvalue weighted by Gasteiger charge is -2.32. The van der Waals surface area contributed by atoms with E-state index in [-0.39, 0.29) is 17.6 Å². The zero-order valence-corrected chi connectivity index (χ0v) is 19.4. The lowest BCUT2D eigenvalue weighted by atomic mass is 9.97. The summed E-state index contributed by atoms with van der Waals surface area (Å²) in [5.41, 5.74) is 4.14. The minimum absolute atomic E-state index is 0.144. The maximum Gasteiger partial charge on any atom is 0.213 e. The van der Waals surface area contributed by atoms with Gasteiger partial charge in [-0.15, -0.1) is 0 Å². The van der Waals surface area contributed by atoms with Gasteiger partial charge in [-0.05, 0) is 67.0 Å². The largest absolute Gasteiger partial charge is 0.382 e. The molecule has 2 aromatic carbocycles. The Hall–Kier alpha value is -2.77. The van der Waals surface area contributed by atoms with E-state index in [1.807, 2.05) is 24.4 Å². The Labute approximate surface area is 189 Å². The number of aromatic nitrogens is 1. The van der Waals surface area contributed by atoms with Crippen LogP contribution in [-0.2, 0) is 21.2 Å². The van der Waals surface area contributed by atoms with Crippen LogP contribution in [0.15, 0.2) is 54.9 Å². The van der Waals surface area contributed by atoms with E-state index in [1.165, 1.54) is 0 Å². The van der Waals surface area contributed by atoms with Crippen LogP contribution in [0.2, 0.25) is 0 Å². The number of benzene rings is 2. The number of sulfonamides is 1. The first-order valence-electron chi connectivity index (χ1n) is 11.1. The molecule has 0 aliphatic carbocycles. The van der Waals surface area contributed by atoms with E-state index in [1.54, 1.807) is 24.3 Å². The van der Waals surface area contributed by atoms with Gasteiger partial charge in [-0.3, -0.25) is 9.78 Å². The van der Waals surface area contributed by atoms with E-state index in [2.05, 4.69) is 34.6 Å². The lowest BCUT2D eigenvalue weighted by molar-refractivity contribution is -0.116. The first kappa shape index (κ1) is 22.4. The summed E-state index contributed by atoms with van der Waals surface area (Å²) in [5, 5.41) is 5.78. The third-order valence-electron chi connectivity index (χ3n) is 6.04. The van der Waals surface area contributed by atoms with E-state index >= 15 is 0 Å². The molecule has 1 N–H and O–H groups in total. The number of ketones is 1. The summed E-state index contributed by atoms with van der Waals surface area (Å²) in [6.07, 6.45) is 5.61. The molecule has 1 aliphatic rings. The maximum atomic E-state index is 12.2. The van der Waals surface area contributed by atoms with Gasteiger partial charge in [0.1, 0.15) is 5.78 Å². The summed E-state index contributed by atoms with van der Waals surface area (Å²) in [5.74, 6) is 0.289. The number of nitrogens with zero attached hydrogens (tertiary/aromatic N) is 2. The molecule has 0 unspecified atom stereocenters. The molecule has 2 heterocycles. The fourth-order valence-corrected chi connectivity index (χ4v) is 5.45. The number of Topliss-reactive ketones (excluding diaryl/α,β-unsaturated/α-hetero) is 1. The third-order valence-corrected chi connectivity index (χ3v) is 7.92. The Morgan fingerprint density at radius 1 is 1.12 bits per heavy atom. The lowest BCUT2D eigenvalue weighted by Crippen LogP contribution is -2.42. The molecule has 0 atom stereocenters. The molecule has 0 radical (unpaired) electrons. The number of hydrogen-bond acceptors (Lipinski definition) is 5. The number of hydrogen-bond donors (Lipinski definition) is 1. The van der Waals surface area contributed by atoms with E-state index in [9.17, 15) is 13.2 Å². The van der Waals surface area contributed by atoms with Crippen molar-refractivity contribution in [2.45, 2.75) is 39.2 Å². The molecular formula is C25H29N3O3S. The Kier molecular flexibility index (Phi) is 6.58. The van der Waals surface area contributed by atoms with Gasteiger partial charge in [-0.1, -0.05) is 24.3 Å². The minimum Gasteiger partial charge on any atom is -0.382 e. The van der Waals surface area contributed by atoms with Crippen LogP contribution in [0, 0.1) is 0 Å². The third kappa shape index (κ3) is 5.00. The van der Waals surface area contributed by atoms with Crippen LogP contribution >= 0.6 is 0 Å². The van der Waals surface area contributed by atoms with Gasteiger partial charge in [-0.2, -0.15) is 0 Å². The number of pyridine rings is 1. The van der Waals surface area contributed by atoms with Crippen molar-refractivity contribution in [3.8, 4) is 11.1 Å². The molecule has 1 aromatic heterocycles. The van der Waals surface area contributed by atoms with E-state index in [0.29, 0.717) is 19.5 Å². The molecule has 1 aliphatic heterocycles. The summed E-state index contributed by atoms with van der Waals surface area (Å²) < 4.78 is 25.9. The van der Waals surface area contributed by atoms with E-state index in [4.69, 9.17) is 0 Å². The van der Waals surface area contributed by atoms with E-state index in [0.717, 1.165) is 46.0 Å². The van der Waals surface area contributed by atoms with E-state index < -0.39 is 10.0 Å². The number of carbonyl (C=O) groups excluding carboxylic acids is 1. The van der Waals surface area contributed by atoms with Crippen molar-refractivity contribution < 1.29 is 13.2 Å². The highest BCUT2D eigenvalue weighted by molar-refractivity contribution is 7.89. The zero-order valence-electron chi connectivity index (χ0n) is 18.5. The zero-order chi connectivity index (χ0) is 22.7. The highest BCUT2D eigenvalue weighted by Gasteiger charge is 2.26. The Balaban J connectivity index is 1.62. The Morgan fingerprint density at radius 3 is 2.62 bits per heavy atom. The number of rotatable bonds is 7. The molecule has 32 heavy (non-hydrogen) atoms. The number of piperidine rings is 1. The summed E-state index contributed by atoms with van der Waals surface area (Å²) >= 11 is 0. The Morgan fingerprint density at radius 2 is 1.91 bits per heavy atom. The van der Waals surface area contributed by atoms with Crippen molar-refractivity contribution in [1.82, 2.24) is 9.29 Å². The van der Waals surface area contributed by atoms with Gasteiger partial charge >= 0.3 is 0 Å². The molecule has 0 bridgehead atoms. The number of anilines is 1. The minimum atomic E-state index is -3.14. The van der Waals surface area contributed by atoms with Crippen LogP contribution in [0.4, 0.5) is 5.69 Å². The monoisotopic (exact) mass is 451 g/mol. The summed E-state index contributed by atoms with van der Waals surface area (Å²) in [7, 11) is -3.14. The first-order valence-corrected chi connectivity index (χ1v) is 12.7. The van der Waals surface area contributed by atoms with Crippen LogP contribution in [0.5, 0.6) is 0 Å². The highest BCUT2D eigenvalue weighted by atomic mass is 32.2. The topological polar surface area (TPSA) is 79.4 Å². The van der Waals surface area contributed by atoms with Crippen molar-refractivity contribution >= 4 is 32.3 Å². The average Bonchev–Trinajstić information content (AvgIpc) is 2.79. The standard InChI is InChI=1S/C25H29N3O3S/c1-3-32(30,31)28-11-8-23(9-12-28)27-25-16-22(15-21-7-10-26-17-24(21)25)20-6-4-5-19(14-20)13-18(2)29/h4-7,10,14-17,23,27H,3,8-9,11-13H2,1-2H3. The van der Waals surface area contributed by atoms with Gasteiger partial charge in [0.25, 0.3) is 0 Å². The summed E-state index contributed by atoms with van der Waals surface area (Å²) in [6, 6.07) is 14.6. The summed E-state index contributed by atoms with van der Waals surface area (Å²) in [6.45, 7) is 4.37. The number of carbonyl (C=O) groups is 1. The molecule has 0 saturated carbocycles. The van der Waals surface area contributed by atoms with Gasteiger partial charge in [0.2, 0.25) is 10.0 Å². The molecule has 6 nitrogen and oxygen atoms in total. The van der Waals surface area contributed by atoms with Crippen LogP contribution in [-0.4, -0.2) is 48.4 Å².